The molecule has 25 heavy (non-hydrogen) atoms. The third-order valence-corrected chi connectivity index (χ3v) is 4.02. The number of rotatable bonds is 8. The van der Waals surface area contributed by atoms with Gasteiger partial charge in [0.25, 0.3) is 0 Å². The van der Waals surface area contributed by atoms with Crippen LogP contribution in [-0.4, -0.2) is 29.0 Å². The van der Waals surface area contributed by atoms with Crippen molar-refractivity contribution in [3.05, 3.63) is 36.0 Å². The highest BCUT2D eigenvalue weighted by Crippen LogP contribution is 2.19. The first-order valence-corrected chi connectivity index (χ1v) is 8.91. The zero-order valence-electron chi connectivity index (χ0n) is 15.5. The van der Waals surface area contributed by atoms with Gasteiger partial charge in [0.1, 0.15) is 6.04 Å². The number of carbonyl (C=O) groups is 2. The fraction of sp³-hybridized carbons (Fsp3) is 0.500. The Morgan fingerprint density at radius 2 is 1.88 bits per heavy atom. The van der Waals surface area contributed by atoms with Crippen molar-refractivity contribution < 1.29 is 14.3 Å². The van der Waals surface area contributed by atoms with Crippen molar-refractivity contribution in [1.82, 2.24) is 10.3 Å². The summed E-state index contributed by atoms with van der Waals surface area (Å²) in [5.41, 5.74) is 2.00. The molecule has 1 heterocycles. The number of fused-ring (bicyclic) bond motifs is 1. The first kappa shape index (κ1) is 19.0. The molecular formula is C20H28N2O3. The third kappa shape index (κ3) is 5.62. The predicted molar refractivity (Wildman–Crippen MR) is 99.2 cm³/mol. The number of hydrogen-bond donors (Lipinski definition) is 2. The Hall–Kier alpha value is -2.30. The standard InChI is InChI=1S/C20H28N2O3/c1-13(2)9-10-19(23)22-18(20(24)25-14(3)4)11-15-12-21-17-8-6-5-7-16(15)17/h5-8,12-14,18,21H,9-11H2,1-4H3,(H,22,23)/t18-/m0/s1. The Bertz CT molecular complexity index is 719. The van der Waals surface area contributed by atoms with Crippen molar-refractivity contribution in [2.75, 3.05) is 0 Å². The summed E-state index contributed by atoms with van der Waals surface area (Å²) in [7, 11) is 0. The summed E-state index contributed by atoms with van der Waals surface area (Å²) in [4.78, 5) is 27.9. The molecule has 0 aliphatic heterocycles. The Labute approximate surface area is 149 Å². The number of amides is 1. The molecule has 5 heteroatoms. The second-order valence-corrected chi connectivity index (χ2v) is 7.10. The van der Waals surface area contributed by atoms with Crippen molar-refractivity contribution in [2.24, 2.45) is 5.92 Å². The van der Waals surface area contributed by atoms with E-state index in [1.807, 2.05) is 30.5 Å². The van der Waals surface area contributed by atoms with Crippen LogP contribution in [0.25, 0.3) is 10.9 Å². The van der Waals surface area contributed by atoms with Crippen molar-refractivity contribution in [2.45, 2.75) is 59.1 Å². The van der Waals surface area contributed by atoms with Gasteiger partial charge in [-0.3, -0.25) is 4.79 Å². The highest BCUT2D eigenvalue weighted by molar-refractivity contribution is 5.87. The van der Waals surface area contributed by atoms with Crippen LogP contribution < -0.4 is 5.32 Å². The lowest BCUT2D eigenvalue weighted by Gasteiger charge is -2.19. The van der Waals surface area contributed by atoms with Gasteiger partial charge in [0, 0.05) is 29.9 Å². The molecule has 0 radical (unpaired) electrons. The molecule has 1 aromatic carbocycles. The average molecular weight is 344 g/mol. The maximum Gasteiger partial charge on any atom is 0.329 e. The van der Waals surface area contributed by atoms with Crippen LogP contribution in [0.2, 0.25) is 0 Å². The lowest BCUT2D eigenvalue weighted by atomic mass is 10.0. The summed E-state index contributed by atoms with van der Waals surface area (Å²) < 4.78 is 5.34. The molecular weight excluding hydrogens is 316 g/mol. The molecule has 0 aliphatic carbocycles. The summed E-state index contributed by atoms with van der Waals surface area (Å²) in [5.74, 6) is -0.0575. The molecule has 0 saturated heterocycles. The van der Waals surface area contributed by atoms with Crippen molar-refractivity contribution in [1.29, 1.82) is 0 Å². The smallest absolute Gasteiger partial charge is 0.329 e. The van der Waals surface area contributed by atoms with E-state index in [1.165, 1.54) is 0 Å². The molecule has 0 unspecified atom stereocenters. The second-order valence-electron chi connectivity index (χ2n) is 7.10. The zero-order chi connectivity index (χ0) is 18.4. The minimum atomic E-state index is -0.679. The topological polar surface area (TPSA) is 71.2 Å². The van der Waals surface area contributed by atoms with Crippen LogP contribution in [0.5, 0.6) is 0 Å². The normalized spacial score (nSPS) is 12.6. The van der Waals surface area contributed by atoms with Crippen LogP contribution >= 0.6 is 0 Å². The van der Waals surface area contributed by atoms with Crippen LogP contribution in [0.15, 0.2) is 30.5 Å². The molecule has 0 bridgehead atoms. The first-order valence-electron chi connectivity index (χ1n) is 8.91. The van der Waals surface area contributed by atoms with E-state index in [1.54, 1.807) is 13.8 Å². The molecule has 2 aromatic rings. The van der Waals surface area contributed by atoms with Gasteiger partial charge in [-0.15, -0.1) is 0 Å². The van der Waals surface area contributed by atoms with Crippen molar-refractivity contribution in [3.8, 4) is 0 Å². The molecule has 2 N–H and O–H groups in total. The number of ether oxygens (including phenoxy) is 1. The second kappa shape index (κ2) is 8.70. The Morgan fingerprint density at radius 3 is 2.56 bits per heavy atom. The molecule has 0 aliphatic rings. The number of para-hydroxylation sites is 1. The van der Waals surface area contributed by atoms with E-state index in [9.17, 15) is 9.59 Å². The van der Waals surface area contributed by atoms with E-state index in [0.717, 1.165) is 22.9 Å². The van der Waals surface area contributed by atoms with E-state index < -0.39 is 12.0 Å². The Kier molecular flexibility index (Phi) is 6.62. The zero-order valence-corrected chi connectivity index (χ0v) is 15.5. The van der Waals surface area contributed by atoms with Crippen LogP contribution in [-0.2, 0) is 20.7 Å². The summed E-state index contributed by atoms with van der Waals surface area (Å²) in [6.45, 7) is 7.76. The number of hydrogen-bond acceptors (Lipinski definition) is 3. The minimum absolute atomic E-state index is 0.112. The third-order valence-electron chi connectivity index (χ3n) is 4.02. The van der Waals surface area contributed by atoms with Gasteiger partial charge in [-0.1, -0.05) is 32.0 Å². The fourth-order valence-electron chi connectivity index (χ4n) is 2.71. The number of H-pyrrole nitrogens is 1. The number of nitrogens with one attached hydrogen (secondary N) is 2. The number of esters is 1. The molecule has 0 spiro atoms. The van der Waals surface area contributed by atoms with Crippen molar-refractivity contribution >= 4 is 22.8 Å². The van der Waals surface area contributed by atoms with E-state index in [-0.39, 0.29) is 12.0 Å². The SMILES string of the molecule is CC(C)CCC(=O)N[C@@H](Cc1c[nH]c2ccccc12)C(=O)OC(C)C. The van der Waals surface area contributed by atoms with Crippen LogP contribution in [0.1, 0.15) is 46.1 Å². The molecule has 2 rings (SSSR count). The van der Waals surface area contributed by atoms with E-state index in [2.05, 4.69) is 24.1 Å². The predicted octanol–water partition coefficient (Wildman–Crippen LogP) is 3.58. The van der Waals surface area contributed by atoms with E-state index in [4.69, 9.17) is 4.74 Å². The summed E-state index contributed by atoms with van der Waals surface area (Å²) in [6.07, 6.45) is 3.29. The molecule has 136 valence electrons. The van der Waals surface area contributed by atoms with Gasteiger partial charge in [0.15, 0.2) is 0 Å². The van der Waals surface area contributed by atoms with Gasteiger partial charge in [0.05, 0.1) is 6.10 Å². The first-order chi connectivity index (χ1) is 11.9. The van der Waals surface area contributed by atoms with Crippen LogP contribution in [0.4, 0.5) is 0 Å². The quantitative estimate of drug-likeness (QED) is 0.719. The summed E-state index contributed by atoms with van der Waals surface area (Å²) >= 11 is 0. The molecule has 0 fully saturated rings. The number of aromatic amines is 1. The Balaban J connectivity index is 2.13. The van der Waals surface area contributed by atoms with Crippen LogP contribution in [0, 0.1) is 5.92 Å². The van der Waals surface area contributed by atoms with E-state index >= 15 is 0 Å². The molecule has 1 aromatic heterocycles. The molecule has 5 nitrogen and oxygen atoms in total. The summed E-state index contributed by atoms with van der Waals surface area (Å²) in [6, 6.07) is 7.23. The largest absolute Gasteiger partial charge is 0.461 e. The summed E-state index contributed by atoms with van der Waals surface area (Å²) in [5, 5.41) is 3.91. The van der Waals surface area contributed by atoms with Crippen LogP contribution in [0.3, 0.4) is 0 Å². The minimum Gasteiger partial charge on any atom is -0.461 e. The van der Waals surface area contributed by atoms with Crippen molar-refractivity contribution in [3.63, 3.8) is 0 Å². The molecule has 1 amide bonds. The van der Waals surface area contributed by atoms with Gasteiger partial charge in [-0.2, -0.15) is 0 Å². The van der Waals surface area contributed by atoms with Gasteiger partial charge < -0.3 is 15.0 Å². The lowest BCUT2D eigenvalue weighted by molar-refractivity contribution is -0.151. The fourth-order valence-corrected chi connectivity index (χ4v) is 2.71. The van der Waals surface area contributed by atoms with Gasteiger partial charge >= 0.3 is 5.97 Å². The number of aromatic nitrogens is 1. The van der Waals surface area contributed by atoms with Gasteiger partial charge in [0.2, 0.25) is 5.91 Å². The average Bonchev–Trinajstić information content (AvgIpc) is 2.95. The monoisotopic (exact) mass is 344 g/mol. The molecule has 1 atom stereocenters. The maximum absolute atomic E-state index is 12.4. The number of carbonyl (C=O) groups excluding carboxylic acids is 2. The molecule has 0 saturated carbocycles. The maximum atomic E-state index is 12.4. The highest BCUT2D eigenvalue weighted by Gasteiger charge is 2.24. The van der Waals surface area contributed by atoms with Gasteiger partial charge in [-0.25, -0.2) is 4.79 Å². The number of benzene rings is 1. The highest BCUT2D eigenvalue weighted by atomic mass is 16.5. The lowest BCUT2D eigenvalue weighted by Crippen LogP contribution is -2.44. The Morgan fingerprint density at radius 1 is 1.16 bits per heavy atom. The van der Waals surface area contributed by atoms with E-state index in [0.29, 0.717) is 18.8 Å². The van der Waals surface area contributed by atoms with Gasteiger partial charge in [-0.05, 0) is 37.8 Å².